The first kappa shape index (κ1) is 31.9. The van der Waals surface area contributed by atoms with Gasteiger partial charge in [0, 0.05) is 66.2 Å². The van der Waals surface area contributed by atoms with Gasteiger partial charge in [-0.2, -0.15) is 5.10 Å². The van der Waals surface area contributed by atoms with Gasteiger partial charge in [0.15, 0.2) is 5.78 Å². The third kappa shape index (κ3) is 8.54. The van der Waals surface area contributed by atoms with Gasteiger partial charge in [-0.15, -0.1) is 0 Å². The molecule has 43 heavy (non-hydrogen) atoms. The molecule has 2 unspecified atom stereocenters. The second-order valence-electron chi connectivity index (χ2n) is 11.2. The Morgan fingerprint density at radius 3 is 2.53 bits per heavy atom. The maximum absolute atomic E-state index is 14.1. The average Bonchev–Trinajstić information content (AvgIpc) is 3.36. The normalized spacial score (nSPS) is 13.5. The number of phenolic OH excluding ortho intramolecular Hbond substituents is 1. The summed E-state index contributed by atoms with van der Waals surface area (Å²) in [5.74, 6) is 3.22. The highest BCUT2D eigenvalue weighted by Crippen LogP contribution is 2.32. The Bertz CT molecular complexity index is 1710. The summed E-state index contributed by atoms with van der Waals surface area (Å²) >= 11 is 0. The zero-order valence-electron chi connectivity index (χ0n) is 24.7. The average molecular weight is 608 g/mol. The second kappa shape index (κ2) is 14.0. The number of halogens is 2. The fourth-order valence-corrected chi connectivity index (χ4v) is 5.77. The number of carbonyl (C=O) groups excluding carboxylic acids is 1. The van der Waals surface area contributed by atoms with Gasteiger partial charge >= 0.3 is 0 Å². The molecular formula is C34H39F2N3O3S. The van der Waals surface area contributed by atoms with E-state index < -0.39 is 21.2 Å². The molecule has 0 bridgehead atoms. The van der Waals surface area contributed by atoms with Crippen LogP contribution >= 0.6 is 0 Å². The molecule has 1 heterocycles. The first-order chi connectivity index (χ1) is 20.4. The quantitative estimate of drug-likeness (QED) is 0.112. The molecule has 0 aliphatic carbocycles. The van der Waals surface area contributed by atoms with Crippen LogP contribution in [-0.2, 0) is 16.1 Å². The Balaban J connectivity index is 1.35. The number of carbonyl (C=O) groups is 1. The van der Waals surface area contributed by atoms with Crippen molar-refractivity contribution in [3.8, 4) is 16.9 Å². The van der Waals surface area contributed by atoms with Gasteiger partial charge in [-0.3, -0.25) is 13.7 Å². The maximum Gasteiger partial charge on any atom is 0.162 e. The molecule has 0 saturated heterocycles. The van der Waals surface area contributed by atoms with Gasteiger partial charge in [0.1, 0.15) is 17.4 Å². The predicted molar refractivity (Wildman–Crippen MR) is 173 cm³/mol. The minimum absolute atomic E-state index is 0.0222. The molecule has 6 nitrogen and oxygen atoms in total. The molecule has 1 aromatic heterocycles. The highest BCUT2D eigenvalue weighted by molar-refractivity contribution is 7.99. The topological polar surface area (TPSA) is 84.2 Å². The van der Waals surface area contributed by atoms with Crippen molar-refractivity contribution in [3.05, 3.63) is 90.1 Å². The number of phenols is 1. The molecule has 9 heteroatoms. The van der Waals surface area contributed by atoms with Crippen molar-refractivity contribution >= 4 is 37.8 Å². The molecule has 0 saturated carbocycles. The molecule has 228 valence electrons. The molecule has 2 N–H and O–H groups in total. The van der Waals surface area contributed by atoms with Crippen LogP contribution in [-0.4, -0.2) is 49.3 Å². The van der Waals surface area contributed by atoms with E-state index in [1.807, 2.05) is 16.9 Å². The van der Waals surface area contributed by atoms with E-state index in [1.54, 1.807) is 36.6 Å². The van der Waals surface area contributed by atoms with Crippen LogP contribution in [0.2, 0.25) is 0 Å². The molecule has 0 aliphatic rings. The number of ketones is 1. The van der Waals surface area contributed by atoms with Crippen LogP contribution in [0.15, 0.2) is 67.4 Å². The smallest absolute Gasteiger partial charge is 0.162 e. The Kier molecular flexibility index (Phi) is 10.4. The summed E-state index contributed by atoms with van der Waals surface area (Å²) in [5.41, 5.74) is 3.23. The summed E-state index contributed by atoms with van der Waals surface area (Å²) < 4.78 is 41.1. The van der Waals surface area contributed by atoms with Gasteiger partial charge in [-0.1, -0.05) is 44.2 Å². The van der Waals surface area contributed by atoms with Gasteiger partial charge in [0.05, 0.1) is 10.9 Å². The summed E-state index contributed by atoms with van der Waals surface area (Å²) in [7, 11) is -2.12. The number of nitrogens with zero attached hydrogens (tertiary/aromatic N) is 2. The van der Waals surface area contributed by atoms with Gasteiger partial charge in [-0.25, -0.2) is 8.78 Å². The van der Waals surface area contributed by atoms with Crippen LogP contribution in [0.5, 0.6) is 5.75 Å². The fourth-order valence-electron chi connectivity index (χ4n) is 5.23. The zero-order chi connectivity index (χ0) is 31.1. The van der Waals surface area contributed by atoms with E-state index >= 15 is 0 Å². The summed E-state index contributed by atoms with van der Waals surface area (Å²) in [6.45, 7) is 7.25. The number of aromatic hydroxyl groups is 1. The summed E-state index contributed by atoms with van der Waals surface area (Å²) in [4.78, 5) is 12.9. The molecule has 3 aromatic carbocycles. The molecule has 2 atom stereocenters. The Hall–Kier alpha value is -3.98. The van der Waals surface area contributed by atoms with Crippen molar-refractivity contribution in [2.24, 2.45) is 5.92 Å². The SMILES string of the molecule is C=C(NCCS(=C)(C)=O)c1ccc2nn(CC(CCC)CCCC(=O)c3ccc(-c4ccc(F)cc4F)cc3)cc2c1O. The number of rotatable bonds is 15. The van der Waals surface area contributed by atoms with Crippen molar-refractivity contribution in [1.82, 2.24) is 15.1 Å². The molecule has 4 rings (SSSR count). The highest BCUT2D eigenvalue weighted by Gasteiger charge is 2.16. The van der Waals surface area contributed by atoms with Crippen molar-refractivity contribution in [2.45, 2.75) is 45.6 Å². The predicted octanol–water partition coefficient (Wildman–Crippen LogP) is 7.06. The molecular weight excluding hydrogens is 568 g/mol. The molecule has 0 aliphatic heterocycles. The van der Waals surface area contributed by atoms with Crippen LogP contribution in [0.4, 0.5) is 8.78 Å². The van der Waals surface area contributed by atoms with Crippen LogP contribution in [0.3, 0.4) is 0 Å². The van der Waals surface area contributed by atoms with Crippen molar-refractivity contribution in [2.75, 3.05) is 18.6 Å². The van der Waals surface area contributed by atoms with Crippen LogP contribution in [0.1, 0.15) is 54.9 Å². The number of nitrogens with one attached hydrogen (secondary N) is 1. The molecule has 0 fully saturated rings. The molecule has 0 radical (unpaired) electrons. The van der Waals surface area contributed by atoms with Gasteiger partial charge in [0.25, 0.3) is 0 Å². The number of benzene rings is 3. The lowest BCUT2D eigenvalue weighted by atomic mass is 9.94. The number of Topliss-reactive ketones (excluding diaryl/α,β-unsaturated/α-hetero) is 1. The van der Waals surface area contributed by atoms with Crippen molar-refractivity contribution < 1.29 is 22.9 Å². The second-order valence-corrected chi connectivity index (χ2v) is 14.0. The Labute approximate surface area is 252 Å². The number of aromatic nitrogens is 2. The molecule has 0 spiro atoms. The summed E-state index contributed by atoms with van der Waals surface area (Å²) in [6.07, 6.45) is 7.39. The number of fused-ring (bicyclic) bond motifs is 1. The first-order valence-corrected chi connectivity index (χ1v) is 16.8. The molecule has 0 amide bonds. The summed E-state index contributed by atoms with van der Waals surface area (Å²) in [6, 6.07) is 13.8. The van der Waals surface area contributed by atoms with E-state index in [1.165, 1.54) is 12.1 Å². The van der Waals surface area contributed by atoms with Crippen LogP contribution < -0.4 is 5.32 Å². The third-order valence-corrected chi connectivity index (χ3v) is 8.58. The number of hydrogen-bond acceptors (Lipinski definition) is 5. The lowest BCUT2D eigenvalue weighted by Crippen LogP contribution is -2.20. The maximum atomic E-state index is 14.1. The van der Waals surface area contributed by atoms with Gasteiger partial charge < -0.3 is 10.4 Å². The van der Waals surface area contributed by atoms with Gasteiger partial charge in [-0.05, 0) is 70.4 Å². The standard InChI is InChI=1S/C34H39F2N3O3S/c1-5-7-24(8-6-9-33(40)26-12-10-25(11-13-26)29-15-14-27(35)20-31(29)36)21-39-22-30-32(38-39)17-16-28(34(30)41)23(2)37-18-19-43(3,4)42/h10-17,20,22,24,37,41H,2-3,5-9,18-19,21H2,1,4H3. The van der Waals surface area contributed by atoms with E-state index in [0.717, 1.165) is 31.7 Å². The highest BCUT2D eigenvalue weighted by atomic mass is 32.2. The van der Waals surface area contributed by atoms with E-state index in [0.29, 0.717) is 70.0 Å². The third-order valence-electron chi connectivity index (χ3n) is 7.51. The van der Waals surface area contributed by atoms with E-state index in [9.17, 15) is 22.9 Å². The minimum atomic E-state index is -2.12. The van der Waals surface area contributed by atoms with Crippen LogP contribution in [0, 0.1) is 17.6 Å². The Morgan fingerprint density at radius 1 is 1.12 bits per heavy atom. The van der Waals surface area contributed by atoms with E-state index in [4.69, 9.17) is 0 Å². The van der Waals surface area contributed by atoms with Gasteiger partial charge in [0.2, 0.25) is 0 Å². The Morgan fingerprint density at radius 2 is 1.86 bits per heavy atom. The van der Waals surface area contributed by atoms with E-state index in [-0.39, 0.29) is 11.5 Å². The van der Waals surface area contributed by atoms with Crippen molar-refractivity contribution in [1.29, 1.82) is 0 Å². The largest absolute Gasteiger partial charge is 0.506 e. The number of hydrogen-bond donors (Lipinski definition) is 2. The fraction of sp³-hybridized carbons (Fsp3) is 0.324. The van der Waals surface area contributed by atoms with Crippen molar-refractivity contribution in [3.63, 3.8) is 0 Å². The first-order valence-electron chi connectivity index (χ1n) is 14.5. The zero-order valence-corrected chi connectivity index (χ0v) is 25.6. The lowest BCUT2D eigenvalue weighted by molar-refractivity contribution is 0.0977. The summed E-state index contributed by atoms with van der Waals surface area (Å²) in [5, 5.41) is 19.4. The monoisotopic (exact) mass is 607 g/mol. The minimum Gasteiger partial charge on any atom is -0.506 e. The lowest BCUT2D eigenvalue weighted by Gasteiger charge is -2.16. The van der Waals surface area contributed by atoms with E-state index in [2.05, 4.69) is 29.8 Å². The van der Waals surface area contributed by atoms with Crippen LogP contribution in [0.25, 0.3) is 27.7 Å². The molecule has 4 aromatic rings.